The SMILES string of the molecule is Nc1nc(N2CCOCC2CO)cc(C(F)(F)F)n1. The molecule has 1 fully saturated rings. The van der Waals surface area contributed by atoms with Crippen LogP contribution in [0.2, 0.25) is 0 Å². The second kappa shape index (κ2) is 5.17. The van der Waals surface area contributed by atoms with Gasteiger partial charge in [0, 0.05) is 12.6 Å². The van der Waals surface area contributed by atoms with Crippen molar-refractivity contribution in [2.45, 2.75) is 12.2 Å². The van der Waals surface area contributed by atoms with E-state index in [1.807, 2.05) is 0 Å². The zero-order chi connectivity index (χ0) is 14.0. The van der Waals surface area contributed by atoms with Crippen LogP contribution in [0, 0.1) is 0 Å². The lowest BCUT2D eigenvalue weighted by molar-refractivity contribution is -0.141. The molecule has 1 aromatic heterocycles. The molecule has 0 amide bonds. The van der Waals surface area contributed by atoms with Gasteiger partial charge in [-0.05, 0) is 0 Å². The average molecular weight is 278 g/mol. The third kappa shape index (κ3) is 3.04. The summed E-state index contributed by atoms with van der Waals surface area (Å²) in [5.74, 6) is -0.407. The van der Waals surface area contributed by atoms with E-state index in [9.17, 15) is 18.3 Å². The lowest BCUT2D eigenvalue weighted by Crippen LogP contribution is -2.48. The molecule has 9 heteroatoms. The topological polar surface area (TPSA) is 84.5 Å². The van der Waals surface area contributed by atoms with Crippen molar-refractivity contribution >= 4 is 11.8 Å². The van der Waals surface area contributed by atoms with Crippen LogP contribution >= 0.6 is 0 Å². The molecule has 19 heavy (non-hydrogen) atoms. The molecule has 1 unspecified atom stereocenters. The Morgan fingerprint density at radius 1 is 1.47 bits per heavy atom. The number of nitrogens with two attached hydrogens (primary N) is 1. The number of aliphatic hydroxyl groups is 1. The quantitative estimate of drug-likeness (QED) is 0.808. The molecule has 0 radical (unpaired) electrons. The molecule has 1 atom stereocenters. The largest absolute Gasteiger partial charge is 0.433 e. The molecule has 0 spiro atoms. The summed E-state index contributed by atoms with van der Waals surface area (Å²) in [7, 11) is 0. The standard InChI is InChI=1S/C10H13F3N4O2/c11-10(12,13)7-3-8(16-9(14)15-7)17-1-2-19-5-6(17)4-18/h3,6,18H,1-2,4-5H2,(H2,14,15,16). The third-order valence-corrected chi connectivity index (χ3v) is 2.75. The fourth-order valence-electron chi connectivity index (χ4n) is 1.85. The van der Waals surface area contributed by atoms with Crippen molar-refractivity contribution in [3.05, 3.63) is 11.8 Å². The summed E-state index contributed by atoms with van der Waals surface area (Å²) in [6.45, 7) is 0.660. The number of halogens is 3. The first-order valence-electron chi connectivity index (χ1n) is 5.59. The van der Waals surface area contributed by atoms with Crippen LogP contribution in [-0.4, -0.2) is 47.5 Å². The van der Waals surface area contributed by atoms with E-state index < -0.39 is 23.9 Å². The number of hydrogen-bond donors (Lipinski definition) is 2. The number of nitrogen functional groups attached to an aromatic ring is 1. The molecule has 3 N–H and O–H groups in total. The van der Waals surface area contributed by atoms with Crippen molar-refractivity contribution in [3.8, 4) is 0 Å². The minimum absolute atomic E-state index is 0.0437. The first-order valence-corrected chi connectivity index (χ1v) is 5.59. The summed E-state index contributed by atoms with van der Waals surface area (Å²) in [6.07, 6.45) is -4.59. The second-order valence-corrected chi connectivity index (χ2v) is 4.07. The van der Waals surface area contributed by atoms with Crippen LogP contribution in [0.1, 0.15) is 5.69 Å². The van der Waals surface area contributed by atoms with Crippen LogP contribution in [0.25, 0.3) is 0 Å². The van der Waals surface area contributed by atoms with E-state index in [2.05, 4.69) is 9.97 Å². The van der Waals surface area contributed by atoms with Crippen molar-refractivity contribution < 1.29 is 23.0 Å². The number of hydrogen-bond acceptors (Lipinski definition) is 6. The van der Waals surface area contributed by atoms with Gasteiger partial charge in [0.15, 0.2) is 5.69 Å². The van der Waals surface area contributed by atoms with E-state index in [1.165, 1.54) is 4.90 Å². The van der Waals surface area contributed by atoms with Gasteiger partial charge in [0.1, 0.15) is 5.82 Å². The van der Waals surface area contributed by atoms with Gasteiger partial charge >= 0.3 is 6.18 Å². The van der Waals surface area contributed by atoms with Gasteiger partial charge in [-0.1, -0.05) is 0 Å². The second-order valence-electron chi connectivity index (χ2n) is 4.07. The van der Waals surface area contributed by atoms with Crippen molar-refractivity contribution in [2.75, 3.05) is 37.0 Å². The highest BCUT2D eigenvalue weighted by molar-refractivity contribution is 5.45. The molecule has 1 aliphatic rings. The molecule has 1 aromatic rings. The van der Waals surface area contributed by atoms with Crippen LogP contribution in [0.15, 0.2) is 6.07 Å². The summed E-state index contributed by atoms with van der Waals surface area (Å²) < 4.78 is 43.1. The zero-order valence-corrected chi connectivity index (χ0v) is 9.89. The first kappa shape index (κ1) is 13.8. The van der Waals surface area contributed by atoms with Gasteiger partial charge in [-0.3, -0.25) is 0 Å². The number of ether oxygens (including phenoxy) is 1. The Labute approximate surface area is 107 Å². The summed E-state index contributed by atoms with van der Waals surface area (Å²) >= 11 is 0. The highest BCUT2D eigenvalue weighted by Gasteiger charge is 2.35. The number of anilines is 2. The molecule has 0 aliphatic carbocycles. The maximum absolute atomic E-state index is 12.7. The lowest BCUT2D eigenvalue weighted by Gasteiger charge is -2.35. The Morgan fingerprint density at radius 3 is 2.84 bits per heavy atom. The number of alkyl halides is 3. The van der Waals surface area contributed by atoms with E-state index in [4.69, 9.17) is 10.5 Å². The fourth-order valence-corrected chi connectivity index (χ4v) is 1.85. The molecule has 0 aromatic carbocycles. The number of aromatic nitrogens is 2. The van der Waals surface area contributed by atoms with Crippen molar-refractivity contribution in [2.24, 2.45) is 0 Å². The van der Waals surface area contributed by atoms with E-state index in [0.717, 1.165) is 6.07 Å². The molecular weight excluding hydrogens is 265 g/mol. The van der Waals surface area contributed by atoms with Gasteiger partial charge in [-0.2, -0.15) is 18.2 Å². The molecule has 0 saturated carbocycles. The summed E-state index contributed by atoms with van der Waals surface area (Å²) in [5.41, 5.74) is 4.21. The molecule has 2 heterocycles. The van der Waals surface area contributed by atoms with Crippen molar-refractivity contribution in [3.63, 3.8) is 0 Å². The summed E-state index contributed by atoms with van der Waals surface area (Å²) in [6, 6.07) is 0.383. The summed E-state index contributed by atoms with van der Waals surface area (Å²) in [5, 5.41) is 9.20. The highest BCUT2D eigenvalue weighted by Crippen LogP contribution is 2.30. The van der Waals surface area contributed by atoms with Crippen LogP contribution in [0.3, 0.4) is 0 Å². The van der Waals surface area contributed by atoms with E-state index >= 15 is 0 Å². The monoisotopic (exact) mass is 278 g/mol. The molecule has 106 valence electrons. The number of nitrogens with zero attached hydrogens (tertiary/aromatic N) is 3. The molecule has 1 aliphatic heterocycles. The Hall–Kier alpha value is -1.61. The Bertz CT molecular complexity index is 455. The van der Waals surface area contributed by atoms with Gasteiger partial charge in [0.05, 0.1) is 25.9 Å². The van der Waals surface area contributed by atoms with Crippen LogP contribution in [-0.2, 0) is 10.9 Å². The van der Waals surface area contributed by atoms with Gasteiger partial charge in [-0.15, -0.1) is 0 Å². The summed E-state index contributed by atoms with van der Waals surface area (Å²) in [4.78, 5) is 8.51. The molecule has 2 rings (SSSR count). The van der Waals surface area contributed by atoms with E-state index in [1.54, 1.807) is 0 Å². The minimum atomic E-state index is -4.59. The molecule has 1 saturated heterocycles. The maximum Gasteiger partial charge on any atom is 0.433 e. The zero-order valence-electron chi connectivity index (χ0n) is 9.89. The average Bonchev–Trinajstić information content (AvgIpc) is 2.37. The number of rotatable bonds is 2. The predicted octanol–water partition coefficient (Wildman–Crippen LogP) is 0.275. The Kier molecular flexibility index (Phi) is 3.76. The Balaban J connectivity index is 2.35. The lowest BCUT2D eigenvalue weighted by atomic mass is 10.2. The Morgan fingerprint density at radius 2 is 2.21 bits per heavy atom. The van der Waals surface area contributed by atoms with Crippen LogP contribution < -0.4 is 10.6 Å². The third-order valence-electron chi connectivity index (χ3n) is 2.75. The smallest absolute Gasteiger partial charge is 0.394 e. The predicted molar refractivity (Wildman–Crippen MR) is 60.5 cm³/mol. The molecule has 6 nitrogen and oxygen atoms in total. The normalized spacial score (nSPS) is 20.6. The van der Waals surface area contributed by atoms with Gasteiger partial charge in [0.25, 0.3) is 0 Å². The van der Waals surface area contributed by atoms with Gasteiger partial charge in [0.2, 0.25) is 5.95 Å². The molecular formula is C10H13F3N4O2. The number of morpholine rings is 1. The van der Waals surface area contributed by atoms with E-state index in [-0.39, 0.29) is 19.0 Å². The first-order chi connectivity index (χ1) is 8.91. The maximum atomic E-state index is 12.7. The number of aliphatic hydroxyl groups excluding tert-OH is 1. The molecule has 0 bridgehead atoms. The minimum Gasteiger partial charge on any atom is -0.394 e. The van der Waals surface area contributed by atoms with E-state index in [0.29, 0.717) is 13.2 Å². The van der Waals surface area contributed by atoms with Gasteiger partial charge in [-0.25, -0.2) is 4.98 Å². The van der Waals surface area contributed by atoms with Crippen LogP contribution in [0.4, 0.5) is 24.9 Å². The highest BCUT2D eigenvalue weighted by atomic mass is 19.4. The van der Waals surface area contributed by atoms with Gasteiger partial charge < -0.3 is 20.5 Å². The van der Waals surface area contributed by atoms with Crippen LogP contribution in [0.5, 0.6) is 0 Å². The fraction of sp³-hybridized carbons (Fsp3) is 0.600. The van der Waals surface area contributed by atoms with Crippen molar-refractivity contribution in [1.29, 1.82) is 0 Å². The van der Waals surface area contributed by atoms with Crippen molar-refractivity contribution in [1.82, 2.24) is 9.97 Å².